The van der Waals surface area contributed by atoms with Gasteiger partial charge in [-0.15, -0.1) is 0 Å². The molecule has 0 fully saturated rings. The minimum absolute atomic E-state index is 0.267. The molecule has 8 nitrogen and oxygen atoms in total. The third-order valence-corrected chi connectivity index (χ3v) is 4.48. The fourth-order valence-electron chi connectivity index (χ4n) is 2.84. The van der Waals surface area contributed by atoms with Gasteiger partial charge in [-0.3, -0.25) is 20.4 Å². The Labute approximate surface area is 192 Å². The van der Waals surface area contributed by atoms with Crippen LogP contribution in [0, 0.1) is 0 Å². The summed E-state index contributed by atoms with van der Waals surface area (Å²) in [6.45, 7) is 2.45. The second kappa shape index (κ2) is 12.0. The van der Waals surface area contributed by atoms with E-state index in [9.17, 15) is 9.59 Å². The van der Waals surface area contributed by atoms with Crippen molar-refractivity contribution in [2.24, 2.45) is 0 Å². The van der Waals surface area contributed by atoms with Gasteiger partial charge in [0.25, 0.3) is 11.8 Å². The predicted octanol–water partition coefficient (Wildman–Crippen LogP) is 3.51. The molecule has 0 aliphatic heterocycles. The molecule has 2 N–H and O–H groups in total. The van der Waals surface area contributed by atoms with Crippen LogP contribution >= 0.6 is 0 Å². The zero-order chi connectivity index (χ0) is 23.5. The number of benzene rings is 3. The number of carbonyl (C=O) groups is 2. The predicted molar refractivity (Wildman–Crippen MR) is 122 cm³/mol. The largest absolute Gasteiger partial charge is 0.493 e. The summed E-state index contributed by atoms with van der Waals surface area (Å²) in [5.41, 5.74) is 6.05. The minimum Gasteiger partial charge on any atom is -0.493 e. The Kier molecular flexibility index (Phi) is 8.53. The van der Waals surface area contributed by atoms with Crippen LogP contribution in [-0.4, -0.2) is 32.1 Å². The van der Waals surface area contributed by atoms with Crippen molar-refractivity contribution in [2.75, 3.05) is 20.3 Å². The number of hydrazine groups is 1. The summed E-state index contributed by atoms with van der Waals surface area (Å²) in [4.78, 5) is 24.3. The van der Waals surface area contributed by atoms with Crippen LogP contribution in [0.25, 0.3) is 0 Å². The molecule has 2 amide bonds. The summed E-state index contributed by atoms with van der Waals surface area (Å²) >= 11 is 0. The van der Waals surface area contributed by atoms with Crippen LogP contribution in [0.3, 0.4) is 0 Å². The molecule has 3 aromatic carbocycles. The van der Waals surface area contributed by atoms with E-state index in [4.69, 9.17) is 18.9 Å². The maximum Gasteiger partial charge on any atom is 0.276 e. The molecule has 8 heteroatoms. The van der Waals surface area contributed by atoms with Crippen molar-refractivity contribution < 1.29 is 28.5 Å². The Hall–Kier alpha value is -4.20. The van der Waals surface area contributed by atoms with Gasteiger partial charge in [0.05, 0.1) is 13.7 Å². The van der Waals surface area contributed by atoms with Gasteiger partial charge in [-0.1, -0.05) is 30.3 Å². The highest BCUT2D eigenvalue weighted by molar-refractivity contribution is 5.96. The standard InChI is InChI=1S/C25H26N2O6/c1-3-31-23-15-19(9-14-22(23)30-2)25(29)27-26-24(28)17-33-21-12-10-20(11-13-21)32-16-18-7-5-4-6-8-18/h4-15H,3,16-17H2,1-2H3,(H,26,28)(H,27,29). The normalized spacial score (nSPS) is 10.1. The highest BCUT2D eigenvalue weighted by Gasteiger charge is 2.12. The lowest BCUT2D eigenvalue weighted by molar-refractivity contribution is -0.123. The molecule has 0 atom stereocenters. The number of hydrogen-bond acceptors (Lipinski definition) is 6. The zero-order valence-corrected chi connectivity index (χ0v) is 18.5. The summed E-state index contributed by atoms with van der Waals surface area (Å²) < 4.78 is 21.8. The molecule has 0 radical (unpaired) electrons. The lowest BCUT2D eigenvalue weighted by Crippen LogP contribution is -2.43. The van der Waals surface area contributed by atoms with Gasteiger partial charge >= 0.3 is 0 Å². The summed E-state index contributed by atoms with van der Waals surface area (Å²) in [6.07, 6.45) is 0. The summed E-state index contributed by atoms with van der Waals surface area (Å²) in [7, 11) is 1.52. The van der Waals surface area contributed by atoms with E-state index in [1.54, 1.807) is 42.5 Å². The van der Waals surface area contributed by atoms with Crippen molar-refractivity contribution in [2.45, 2.75) is 13.5 Å². The monoisotopic (exact) mass is 450 g/mol. The molecule has 3 aromatic rings. The lowest BCUT2D eigenvalue weighted by atomic mass is 10.2. The van der Waals surface area contributed by atoms with E-state index in [1.807, 2.05) is 37.3 Å². The Morgan fingerprint density at radius 1 is 0.788 bits per heavy atom. The Morgan fingerprint density at radius 3 is 2.15 bits per heavy atom. The molecular formula is C25H26N2O6. The molecule has 0 aromatic heterocycles. The number of carbonyl (C=O) groups excluding carboxylic acids is 2. The molecule has 0 saturated carbocycles. The van der Waals surface area contributed by atoms with E-state index in [2.05, 4.69) is 10.9 Å². The maximum atomic E-state index is 12.3. The van der Waals surface area contributed by atoms with E-state index >= 15 is 0 Å². The second-order valence-corrected chi connectivity index (χ2v) is 6.84. The van der Waals surface area contributed by atoms with Gasteiger partial charge in [0, 0.05) is 5.56 Å². The SMILES string of the molecule is CCOc1cc(C(=O)NNC(=O)COc2ccc(OCc3ccccc3)cc2)ccc1OC. The molecular weight excluding hydrogens is 424 g/mol. The first-order chi connectivity index (χ1) is 16.1. The minimum atomic E-state index is -0.508. The lowest BCUT2D eigenvalue weighted by Gasteiger charge is -2.12. The third kappa shape index (κ3) is 7.17. The first-order valence-corrected chi connectivity index (χ1v) is 10.4. The molecule has 0 aliphatic carbocycles. The molecule has 0 unspecified atom stereocenters. The van der Waals surface area contributed by atoms with Crippen molar-refractivity contribution in [1.82, 2.24) is 10.9 Å². The highest BCUT2D eigenvalue weighted by Crippen LogP contribution is 2.28. The average molecular weight is 450 g/mol. The summed E-state index contributed by atoms with van der Waals surface area (Å²) in [6, 6.07) is 21.5. The number of amides is 2. The van der Waals surface area contributed by atoms with Crippen molar-refractivity contribution in [3.05, 3.63) is 83.9 Å². The van der Waals surface area contributed by atoms with Crippen molar-refractivity contribution in [3.8, 4) is 23.0 Å². The maximum absolute atomic E-state index is 12.3. The van der Waals surface area contributed by atoms with Gasteiger partial charge in [-0.05, 0) is 55.0 Å². The number of hydrogen-bond donors (Lipinski definition) is 2. The van der Waals surface area contributed by atoms with Gasteiger partial charge in [0.1, 0.15) is 18.1 Å². The Balaban J connectivity index is 1.42. The quantitative estimate of drug-likeness (QED) is 0.459. The van der Waals surface area contributed by atoms with Crippen LogP contribution in [0.2, 0.25) is 0 Å². The zero-order valence-electron chi connectivity index (χ0n) is 18.5. The van der Waals surface area contributed by atoms with Gasteiger partial charge in [-0.2, -0.15) is 0 Å². The van der Waals surface area contributed by atoms with Crippen LogP contribution in [0.1, 0.15) is 22.8 Å². The van der Waals surface area contributed by atoms with E-state index in [1.165, 1.54) is 7.11 Å². The number of ether oxygens (including phenoxy) is 4. The smallest absolute Gasteiger partial charge is 0.276 e. The van der Waals surface area contributed by atoms with Crippen LogP contribution in [0.5, 0.6) is 23.0 Å². The molecule has 0 heterocycles. The molecule has 0 aliphatic rings. The van der Waals surface area contributed by atoms with E-state index in [0.717, 1.165) is 5.56 Å². The molecule has 0 spiro atoms. The van der Waals surface area contributed by atoms with Gasteiger partial charge in [0.2, 0.25) is 0 Å². The molecule has 172 valence electrons. The van der Waals surface area contributed by atoms with Crippen LogP contribution in [0.15, 0.2) is 72.8 Å². The van der Waals surface area contributed by atoms with Crippen LogP contribution in [-0.2, 0) is 11.4 Å². The fraction of sp³-hybridized carbons (Fsp3) is 0.200. The third-order valence-electron chi connectivity index (χ3n) is 4.48. The highest BCUT2D eigenvalue weighted by atomic mass is 16.5. The molecule has 0 bridgehead atoms. The van der Waals surface area contributed by atoms with E-state index < -0.39 is 11.8 Å². The summed E-state index contributed by atoms with van der Waals surface area (Å²) in [5, 5.41) is 0. The van der Waals surface area contributed by atoms with Gasteiger partial charge < -0.3 is 18.9 Å². The topological polar surface area (TPSA) is 95.1 Å². The van der Waals surface area contributed by atoms with Crippen LogP contribution in [0.4, 0.5) is 0 Å². The first kappa shape index (κ1) is 23.5. The van der Waals surface area contributed by atoms with Crippen molar-refractivity contribution in [3.63, 3.8) is 0 Å². The van der Waals surface area contributed by atoms with Gasteiger partial charge in [0.15, 0.2) is 18.1 Å². The second-order valence-electron chi connectivity index (χ2n) is 6.84. The Bertz CT molecular complexity index is 1050. The number of rotatable bonds is 10. The first-order valence-electron chi connectivity index (χ1n) is 10.4. The summed E-state index contributed by atoms with van der Waals surface area (Å²) in [5.74, 6) is 1.15. The fourth-order valence-corrected chi connectivity index (χ4v) is 2.84. The van der Waals surface area contributed by atoms with E-state index in [0.29, 0.717) is 41.8 Å². The van der Waals surface area contributed by atoms with Crippen LogP contribution < -0.4 is 29.8 Å². The van der Waals surface area contributed by atoms with E-state index in [-0.39, 0.29) is 6.61 Å². The van der Waals surface area contributed by atoms with Crippen molar-refractivity contribution >= 4 is 11.8 Å². The molecule has 33 heavy (non-hydrogen) atoms. The number of methoxy groups -OCH3 is 1. The van der Waals surface area contributed by atoms with Gasteiger partial charge in [-0.25, -0.2) is 0 Å². The van der Waals surface area contributed by atoms with Crippen molar-refractivity contribution in [1.29, 1.82) is 0 Å². The average Bonchev–Trinajstić information content (AvgIpc) is 2.86. The molecule has 3 rings (SSSR count). The molecule has 0 saturated heterocycles. The number of nitrogens with one attached hydrogen (secondary N) is 2. The Morgan fingerprint density at radius 2 is 1.48 bits per heavy atom.